The average molecular weight is 345 g/mol. The molecular formula is C18H23N3O4. The molecule has 2 aromatic rings. The zero-order chi connectivity index (χ0) is 18.0. The van der Waals surface area contributed by atoms with Crippen molar-refractivity contribution >= 4 is 5.91 Å². The first kappa shape index (κ1) is 17.4. The molecule has 1 atom stereocenters. The summed E-state index contributed by atoms with van der Waals surface area (Å²) in [7, 11) is 1.58. The summed E-state index contributed by atoms with van der Waals surface area (Å²) < 4.78 is 10.8. The van der Waals surface area contributed by atoms with Gasteiger partial charge in [0.25, 0.3) is 5.91 Å². The van der Waals surface area contributed by atoms with E-state index in [1.54, 1.807) is 26.4 Å². The van der Waals surface area contributed by atoms with Crippen molar-refractivity contribution in [1.82, 2.24) is 15.3 Å². The van der Waals surface area contributed by atoms with Gasteiger partial charge in [0, 0.05) is 12.6 Å². The second-order valence-electron chi connectivity index (χ2n) is 6.37. The number of amides is 1. The molecule has 0 aliphatic heterocycles. The van der Waals surface area contributed by atoms with E-state index in [1.807, 2.05) is 13.0 Å². The van der Waals surface area contributed by atoms with Gasteiger partial charge in [0.15, 0.2) is 5.89 Å². The minimum Gasteiger partial charge on any atom is -0.495 e. The first-order valence-electron chi connectivity index (χ1n) is 8.46. The molecule has 7 heteroatoms. The molecule has 0 unspecified atom stereocenters. The maximum Gasteiger partial charge on any atom is 0.289 e. The van der Waals surface area contributed by atoms with E-state index in [2.05, 4.69) is 15.3 Å². The number of rotatable bonds is 6. The highest BCUT2D eigenvalue weighted by atomic mass is 16.5. The molecule has 2 heterocycles. The number of hydrogen-bond acceptors (Lipinski definition) is 6. The number of carbonyl (C=O) groups is 1. The van der Waals surface area contributed by atoms with Gasteiger partial charge in [0.05, 0.1) is 31.1 Å². The minimum absolute atomic E-state index is 0.140. The van der Waals surface area contributed by atoms with Crippen LogP contribution in [0.25, 0.3) is 0 Å². The van der Waals surface area contributed by atoms with Crippen LogP contribution in [0.1, 0.15) is 53.5 Å². The Morgan fingerprint density at radius 2 is 2.24 bits per heavy atom. The van der Waals surface area contributed by atoms with Gasteiger partial charge in [-0.25, -0.2) is 4.98 Å². The summed E-state index contributed by atoms with van der Waals surface area (Å²) in [5, 5.41) is 12.7. The third kappa shape index (κ3) is 3.66. The van der Waals surface area contributed by atoms with Gasteiger partial charge in [-0.2, -0.15) is 0 Å². The number of nitrogens with one attached hydrogen (secondary N) is 1. The molecule has 3 rings (SSSR count). The van der Waals surface area contributed by atoms with Gasteiger partial charge in [-0.15, -0.1) is 0 Å². The fourth-order valence-corrected chi connectivity index (χ4v) is 3.11. The van der Waals surface area contributed by atoms with Crippen molar-refractivity contribution in [3.8, 4) is 5.75 Å². The highest BCUT2D eigenvalue weighted by molar-refractivity contribution is 5.92. The van der Waals surface area contributed by atoms with Gasteiger partial charge in [-0.3, -0.25) is 9.78 Å². The largest absolute Gasteiger partial charge is 0.495 e. The number of aliphatic hydroxyl groups excluding tert-OH is 1. The fourth-order valence-electron chi connectivity index (χ4n) is 3.11. The van der Waals surface area contributed by atoms with E-state index in [0.29, 0.717) is 36.6 Å². The summed E-state index contributed by atoms with van der Waals surface area (Å²) in [5.74, 6) is 1.24. The number of nitrogens with zero attached hydrogens (tertiary/aromatic N) is 2. The molecule has 1 aliphatic rings. The Balaban J connectivity index is 1.84. The van der Waals surface area contributed by atoms with Crippen LogP contribution in [-0.2, 0) is 6.42 Å². The van der Waals surface area contributed by atoms with Gasteiger partial charge < -0.3 is 19.6 Å². The maximum absolute atomic E-state index is 12.7. The van der Waals surface area contributed by atoms with E-state index >= 15 is 0 Å². The molecular weight excluding hydrogens is 322 g/mol. The van der Waals surface area contributed by atoms with Crippen LogP contribution in [0.2, 0.25) is 0 Å². The number of pyridine rings is 1. The zero-order valence-electron chi connectivity index (χ0n) is 14.7. The van der Waals surface area contributed by atoms with Crippen molar-refractivity contribution < 1.29 is 19.1 Å². The lowest BCUT2D eigenvalue weighted by Gasteiger charge is -2.38. The summed E-state index contributed by atoms with van der Waals surface area (Å²) in [6.45, 7) is 3.68. The van der Waals surface area contributed by atoms with Crippen LogP contribution in [0.15, 0.2) is 22.9 Å². The third-order valence-electron chi connectivity index (χ3n) is 4.59. The first-order chi connectivity index (χ1) is 12.0. The van der Waals surface area contributed by atoms with E-state index in [4.69, 9.17) is 9.15 Å². The molecule has 0 radical (unpaired) electrons. The molecule has 0 saturated heterocycles. The molecule has 1 amide bonds. The Bertz CT molecular complexity index is 753. The van der Waals surface area contributed by atoms with Crippen LogP contribution < -0.4 is 10.1 Å². The number of aryl methyl sites for hydroxylation is 2. The maximum atomic E-state index is 12.7. The van der Waals surface area contributed by atoms with Gasteiger partial charge >= 0.3 is 0 Å². The van der Waals surface area contributed by atoms with Crippen LogP contribution in [0.3, 0.4) is 0 Å². The molecule has 25 heavy (non-hydrogen) atoms. The van der Waals surface area contributed by atoms with Gasteiger partial charge in [-0.1, -0.05) is 6.92 Å². The minimum atomic E-state index is -0.318. The third-order valence-corrected chi connectivity index (χ3v) is 4.59. The number of methoxy groups -OCH3 is 1. The van der Waals surface area contributed by atoms with Gasteiger partial charge in [0.1, 0.15) is 5.75 Å². The summed E-state index contributed by atoms with van der Waals surface area (Å²) >= 11 is 0. The number of carbonyl (C=O) groups excluding carboxylic acids is 1. The van der Waals surface area contributed by atoms with E-state index in [-0.39, 0.29) is 29.7 Å². The lowest BCUT2D eigenvalue weighted by atomic mass is 9.75. The van der Waals surface area contributed by atoms with Gasteiger partial charge in [-0.05, 0) is 37.3 Å². The number of hydrogen-bond donors (Lipinski definition) is 2. The van der Waals surface area contributed by atoms with Crippen LogP contribution >= 0.6 is 0 Å². The molecule has 1 aliphatic carbocycles. The normalized spacial score (nSPS) is 20.6. The molecule has 0 aromatic carbocycles. The van der Waals surface area contributed by atoms with Crippen LogP contribution in [-0.4, -0.2) is 34.2 Å². The van der Waals surface area contributed by atoms with Crippen LogP contribution in [0.4, 0.5) is 0 Å². The Hall–Kier alpha value is -2.41. The van der Waals surface area contributed by atoms with Crippen molar-refractivity contribution in [1.29, 1.82) is 0 Å². The smallest absolute Gasteiger partial charge is 0.289 e. The number of aromatic nitrogens is 2. The quantitative estimate of drug-likeness (QED) is 0.833. The zero-order valence-corrected chi connectivity index (χ0v) is 14.7. The summed E-state index contributed by atoms with van der Waals surface area (Å²) in [6.07, 6.45) is 4.91. The van der Waals surface area contributed by atoms with Crippen LogP contribution in [0.5, 0.6) is 5.75 Å². The SMILES string of the molecule is CCc1nc(C)c(C(=O)N[C@@H](c2cncc(OC)c2)C2CC(O)C2)o1. The van der Waals surface area contributed by atoms with Crippen LogP contribution in [0, 0.1) is 12.8 Å². The van der Waals surface area contributed by atoms with Crippen molar-refractivity contribution in [2.24, 2.45) is 5.92 Å². The summed E-state index contributed by atoms with van der Waals surface area (Å²) in [4.78, 5) is 21.1. The molecule has 2 N–H and O–H groups in total. The molecule has 7 nitrogen and oxygen atoms in total. The second-order valence-corrected chi connectivity index (χ2v) is 6.37. The predicted molar refractivity (Wildman–Crippen MR) is 90.3 cm³/mol. The molecule has 2 aromatic heterocycles. The molecule has 1 fully saturated rings. The average Bonchev–Trinajstić information content (AvgIpc) is 2.98. The topological polar surface area (TPSA) is 97.5 Å². The Morgan fingerprint density at radius 1 is 1.48 bits per heavy atom. The van der Waals surface area contributed by atoms with E-state index < -0.39 is 0 Å². The Labute approximate surface area is 146 Å². The molecule has 0 bridgehead atoms. The summed E-state index contributed by atoms with van der Waals surface area (Å²) in [6, 6.07) is 1.58. The predicted octanol–water partition coefficient (Wildman–Crippen LogP) is 2.19. The standard InChI is InChI=1S/C18H23N3O4/c1-4-15-20-10(2)17(25-15)18(23)21-16(11-5-13(22)6-11)12-7-14(24-3)9-19-8-12/h7-9,11,13,16,22H,4-6H2,1-3H3,(H,21,23)/t11?,13?,16-/m1/s1. The van der Waals surface area contributed by atoms with E-state index in [0.717, 1.165) is 5.56 Å². The second kappa shape index (κ2) is 7.23. The first-order valence-corrected chi connectivity index (χ1v) is 8.46. The van der Waals surface area contributed by atoms with E-state index in [1.165, 1.54) is 0 Å². The van der Waals surface area contributed by atoms with Crippen molar-refractivity contribution in [2.45, 2.75) is 45.3 Å². The fraction of sp³-hybridized carbons (Fsp3) is 0.500. The molecule has 134 valence electrons. The monoisotopic (exact) mass is 345 g/mol. The Kier molecular flexibility index (Phi) is 5.03. The Morgan fingerprint density at radius 3 is 2.84 bits per heavy atom. The molecule has 0 spiro atoms. The number of ether oxygens (including phenoxy) is 1. The van der Waals surface area contributed by atoms with Crippen molar-refractivity contribution in [3.63, 3.8) is 0 Å². The lowest BCUT2D eigenvalue weighted by molar-refractivity contribution is 0.0231. The summed E-state index contributed by atoms with van der Waals surface area (Å²) in [5.41, 5.74) is 1.42. The highest BCUT2D eigenvalue weighted by Crippen LogP contribution is 2.38. The number of oxazole rings is 1. The number of aliphatic hydroxyl groups is 1. The van der Waals surface area contributed by atoms with Crippen molar-refractivity contribution in [3.05, 3.63) is 41.4 Å². The van der Waals surface area contributed by atoms with Crippen molar-refractivity contribution in [2.75, 3.05) is 7.11 Å². The van der Waals surface area contributed by atoms with Gasteiger partial charge in [0.2, 0.25) is 5.76 Å². The highest BCUT2D eigenvalue weighted by Gasteiger charge is 2.36. The lowest BCUT2D eigenvalue weighted by Crippen LogP contribution is -2.41. The van der Waals surface area contributed by atoms with E-state index in [9.17, 15) is 9.90 Å². The molecule has 1 saturated carbocycles.